The highest BCUT2D eigenvalue weighted by molar-refractivity contribution is 7.99. The fraction of sp³-hybridized carbons (Fsp3) is 0.500. The van der Waals surface area contributed by atoms with Crippen molar-refractivity contribution in [2.45, 2.75) is 27.2 Å². The maximum atomic E-state index is 12.1. The summed E-state index contributed by atoms with van der Waals surface area (Å²) >= 11 is 1.68. The largest absolute Gasteiger partial charge is 0.496 e. The topological polar surface area (TPSA) is 26.3 Å². The maximum absolute atomic E-state index is 12.1. The molecular weight excluding hydrogens is 232 g/mol. The third-order valence-electron chi connectivity index (χ3n) is 2.76. The summed E-state index contributed by atoms with van der Waals surface area (Å²) < 4.78 is 5.35. The van der Waals surface area contributed by atoms with Crippen LogP contribution >= 0.6 is 11.8 Å². The monoisotopic (exact) mass is 252 g/mol. The summed E-state index contributed by atoms with van der Waals surface area (Å²) in [5.41, 5.74) is 2.91. The Kier molecular flexibility index (Phi) is 5.56. The molecule has 0 N–H and O–H groups in total. The Labute approximate surface area is 108 Å². The molecule has 0 fully saturated rings. The molecule has 0 amide bonds. The molecule has 0 spiro atoms. The van der Waals surface area contributed by atoms with Crippen molar-refractivity contribution in [1.29, 1.82) is 0 Å². The highest BCUT2D eigenvalue weighted by Gasteiger charge is 2.15. The van der Waals surface area contributed by atoms with Crippen LogP contribution < -0.4 is 4.74 Å². The first-order valence-electron chi connectivity index (χ1n) is 5.87. The van der Waals surface area contributed by atoms with Gasteiger partial charge in [-0.3, -0.25) is 4.79 Å². The van der Waals surface area contributed by atoms with E-state index >= 15 is 0 Å². The second-order valence-corrected chi connectivity index (χ2v) is 5.17. The molecular formula is C14H20O2S. The number of ketones is 1. The van der Waals surface area contributed by atoms with E-state index in [4.69, 9.17) is 4.74 Å². The van der Waals surface area contributed by atoms with E-state index in [9.17, 15) is 4.79 Å². The van der Waals surface area contributed by atoms with Crippen LogP contribution in [-0.2, 0) is 0 Å². The number of carbonyl (C=O) groups excluding carboxylic acids is 1. The van der Waals surface area contributed by atoms with E-state index in [0.29, 0.717) is 11.3 Å². The first kappa shape index (κ1) is 14.1. The van der Waals surface area contributed by atoms with Crippen LogP contribution in [0.25, 0.3) is 0 Å². The predicted molar refractivity (Wildman–Crippen MR) is 74.4 cm³/mol. The molecule has 3 heteroatoms. The minimum atomic E-state index is 0.156. The van der Waals surface area contributed by atoms with Crippen molar-refractivity contribution in [3.05, 3.63) is 28.8 Å². The van der Waals surface area contributed by atoms with Crippen LogP contribution in [0.1, 0.15) is 34.8 Å². The molecule has 1 aromatic carbocycles. The van der Waals surface area contributed by atoms with E-state index in [1.165, 1.54) is 0 Å². The Hall–Kier alpha value is -0.960. The smallest absolute Gasteiger partial charge is 0.176 e. The van der Waals surface area contributed by atoms with Gasteiger partial charge in [0, 0.05) is 0 Å². The summed E-state index contributed by atoms with van der Waals surface area (Å²) in [5, 5.41) is 0. The summed E-state index contributed by atoms with van der Waals surface area (Å²) in [4.78, 5) is 12.1. The molecule has 2 nitrogen and oxygen atoms in total. The second kappa shape index (κ2) is 6.70. The van der Waals surface area contributed by atoms with Gasteiger partial charge >= 0.3 is 0 Å². The van der Waals surface area contributed by atoms with E-state index in [-0.39, 0.29) is 5.78 Å². The minimum Gasteiger partial charge on any atom is -0.496 e. The van der Waals surface area contributed by atoms with Crippen LogP contribution in [0.2, 0.25) is 0 Å². The van der Waals surface area contributed by atoms with Crippen molar-refractivity contribution in [3.8, 4) is 5.75 Å². The zero-order valence-electron chi connectivity index (χ0n) is 11.0. The molecule has 0 radical (unpaired) electrons. The highest BCUT2D eigenvalue weighted by Crippen LogP contribution is 2.27. The Balaban J connectivity index is 2.90. The Morgan fingerprint density at radius 3 is 2.65 bits per heavy atom. The number of aryl methyl sites for hydroxylation is 1. The number of hydrogen-bond acceptors (Lipinski definition) is 3. The predicted octanol–water partition coefficient (Wildman–Crippen LogP) is 3.64. The molecule has 0 atom stereocenters. The SMILES string of the molecule is CCCSCC(=O)c1ccc(C)c(C)c1OC. The van der Waals surface area contributed by atoms with Crippen LogP contribution in [0.4, 0.5) is 0 Å². The van der Waals surface area contributed by atoms with Crippen molar-refractivity contribution >= 4 is 17.5 Å². The van der Waals surface area contributed by atoms with Crippen molar-refractivity contribution in [2.24, 2.45) is 0 Å². The lowest BCUT2D eigenvalue weighted by atomic mass is 10.0. The van der Waals surface area contributed by atoms with Gasteiger partial charge in [0.1, 0.15) is 5.75 Å². The summed E-state index contributed by atoms with van der Waals surface area (Å²) in [7, 11) is 1.62. The Bertz CT molecular complexity index is 399. The van der Waals surface area contributed by atoms with Gasteiger partial charge in [-0.05, 0) is 43.2 Å². The first-order chi connectivity index (χ1) is 8.11. The molecule has 94 valence electrons. The molecule has 0 saturated heterocycles. The number of benzene rings is 1. The van der Waals surface area contributed by atoms with Gasteiger partial charge in [0.05, 0.1) is 18.4 Å². The Morgan fingerprint density at radius 2 is 2.06 bits per heavy atom. The average molecular weight is 252 g/mol. The van der Waals surface area contributed by atoms with E-state index in [0.717, 1.165) is 29.1 Å². The van der Waals surface area contributed by atoms with Crippen LogP contribution in [0.15, 0.2) is 12.1 Å². The fourth-order valence-electron chi connectivity index (χ4n) is 1.66. The van der Waals surface area contributed by atoms with E-state index < -0.39 is 0 Å². The van der Waals surface area contributed by atoms with Crippen LogP contribution in [0.3, 0.4) is 0 Å². The summed E-state index contributed by atoms with van der Waals surface area (Å²) in [6.07, 6.45) is 1.10. The van der Waals surface area contributed by atoms with E-state index in [1.807, 2.05) is 26.0 Å². The van der Waals surface area contributed by atoms with Crippen molar-refractivity contribution in [1.82, 2.24) is 0 Å². The number of ether oxygens (including phenoxy) is 1. The fourth-order valence-corrected chi connectivity index (χ4v) is 2.43. The lowest BCUT2D eigenvalue weighted by Gasteiger charge is -2.12. The van der Waals surface area contributed by atoms with Gasteiger partial charge in [-0.15, -0.1) is 0 Å². The molecule has 0 unspecified atom stereocenters. The molecule has 0 aromatic heterocycles. The number of methoxy groups -OCH3 is 1. The lowest BCUT2D eigenvalue weighted by Crippen LogP contribution is -2.07. The average Bonchev–Trinajstić information content (AvgIpc) is 2.32. The van der Waals surface area contributed by atoms with E-state index in [2.05, 4.69) is 6.92 Å². The minimum absolute atomic E-state index is 0.156. The molecule has 0 heterocycles. The van der Waals surface area contributed by atoms with Crippen molar-refractivity contribution in [3.63, 3.8) is 0 Å². The van der Waals surface area contributed by atoms with Gasteiger partial charge in [0.25, 0.3) is 0 Å². The second-order valence-electron chi connectivity index (χ2n) is 4.06. The van der Waals surface area contributed by atoms with Gasteiger partial charge in [-0.25, -0.2) is 0 Å². The molecule has 0 aliphatic carbocycles. The first-order valence-corrected chi connectivity index (χ1v) is 7.02. The van der Waals surface area contributed by atoms with Gasteiger partial charge in [0.2, 0.25) is 0 Å². The summed E-state index contributed by atoms with van der Waals surface area (Å²) in [6, 6.07) is 3.85. The Morgan fingerprint density at radius 1 is 1.35 bits per heavy atom. The highest BCUT2D eigenvalue weighted by atomic mass is 32.2. The van der Waals surface area contributed by atoms with Crippen molar-refractivity contribution < 1.29 is 9.53 Å². The third-order valence-corrected chi connectivity index (χ3v) is 3.93. The molecule has 17 heavy (non-hydrogen) atoms. The van der Waals surface area contributed by atoms with Gasteiger partial charge in [-0.2, -0.15) is 11.8 Å². The van der Waals surface area contributed by atoms with Crippen LogP contribution in [0, 0.1) is 13.8 Å². The zero-order chi connectivity index (χ0) is 12.8. The molecule has 0 aliphatic heterocycles. The normalized spacial score (nSPS) is 10.4. The standard InChI is InChI=1S/C14H20O2S/c1-5-8-17-9-13(15)12-7-6-10(2)11(3)14(12)16-4/h6-7H,5,8-9H2,1-4H3. The summed E-state index contributed by atoms with van der Waals surface area (Å²) in [5.74, 6) is 2.45. The quantitative estimate of drug-likeness (QED) is 0.571. The van der Waals surface area contributed by atoms with Crippen molar-refractivity contribution in [2.75, 3.05) is 18.6 Å². The van der Waals surface area contributed by atoms with Crippen LogP contribution in [0.5, 0.6) is 5.75 Å². The number of thioether (sulfide) groups is 1. The van der Waals surface area contributed by atoms with Gasteiger partial charge in [0.15, 0.2) is 5.78 Å². The lowest BCUT2D eigenvalue weighted by molar-refractivity contribution is 0.101. The number of hydrogen-bond donors (Lipinski definition) is 0. The zero-order valence-corrected chi connectivity index (χ0v) is 11.8. The molecule has 1 rings (SSSR count). The number of carbonyl (C=O) groups is 1. The van der Waals surface area contributed by atoms with Gasteiger partial charge in [-0.1, -0.05) is 13.0 Å². The number of Topliss-reactive ketones (excluding diaryl/α,β-unsaturated/α-hetero) is 1. The van der Waals surface area contributed by atoms with E-state index in [1.54, 1.807) is 18.9 Å². The molecule has 0 saturated carbocycles. The number of rotatable bonds is 6. The maximum Gasteiger partial charge on any atom is 0.176 e. The molecule has 0 bridgehead atoms. The van der Waals surface area contributed by atoms with Gasteiger partial charge < -0.3 is 4.74 Å². The molecule has 0 aliphatic rings. The molecule has 1 aromatic rings. The summed E-state index contributed by atoms with van der Waals surface area (Å²) in [6.45, 7) is 6.14. The third kappa shape index (κ3) is 3.50. The van der Waals surface area contributed by atoms with Crippen LogP contribution in [-0.4, -0.2) is 24.4 Å².